The fourth-order valence-corrected chi connectivity index (χ4v) is 6.42. The minimum Gasteiger partial charge on any atom is -0.756 e. The van der Waals surface area contributed by atoms with Crippen LogP contribution < -0.4 is 4.89 Å². The summed E-state index contributed by atoms with van der Waals surface area (Å²) in [5.41, 5.74) is 0. The van der Waals surface area contributed by atoms with E-state index in [1.165, 1.54) is 76.7 Å². The molecule has 0 aliphatic heterocycles. The largest absolute Gasteiger partial charge is 0.756 e. The Kier molecular flexibility index (Phi) is 35.3. The maximum Gasteiger partial charge on any atom is 0.306 e. The van der Waals surface area contributed by atoms with Crippen molar-refractivity contribution in [3.63, 3.8) is 0 Å². The number of quaternary nitrogens is 1. The number of hydrogen-bond donors (Lipinski definition) is 3. The number of likely N-dealkylation sites (N-methyl/N-ethyl adjacent to an activating group) is 1. The third kappa shape index (κ3) is 37.9. The normalized spacial score (nSPS) is 15.9. The zero-order chi connectivity index (χ0) is 41.8. The summed E-state index contributed by atoms with van der Waals surface area (Å²) < 4.78 is 34.3. The Bertz CT molecular complexity index is 1090. The quantitative estimate of drug-likeness (QED) is 0.0181. The van der Waals surface area contributed by atoms with Crippen LogP contribution in [0.3, 0.4) is 0 Å². The molecule has 0 heterocycles. The monoisotopic (exact) mass is 816 g/mol. The standard InChI is InChI=1S/C44H82NO10P/c1-6-8-10-11-12-13-14-15-16-17-18-21-24-28-36-52-38-41(39-54-56(50,51)53-37-35-45(3,4)5)55-44(49)34-29-33-43(48)42(47)32-27-23-20-19-22-26-31-40(46)30-25-9-7-2/h19-20,22-23,26-27,31-32,40-43,46-48H,6-18,21,24-25,28-30,33-39H2,1-5H3/b22-19+,23-20-,31-26-,32-27-. The van der Waals surface area contributed by atoms with Crippen molar-refractivity contribution >= 4 is 13.8 Å². The van der Waals surface area contributed by atoms with Gasteiger partial charge in [0.05, 0.1) is 52.7 Å². The molecule has 0 fully saturated rings. The van der Waals surface area contributed by atoms with Crippen molar-refractivity contribution in [1.29, 1.82) is 0 Å². The van der Waals surface area contributed by atoms with Gasteiger partial charge >= 0.3 is 5.97 Å². The summed E-state index contributed by atoms with van der Waals surface area (Å²) in [5.74, 6) is -0.583. The van der Waals surface area contributed by atoms with Gasteiger partial charge in [-0.2, -0.15) is 0 Å². The van der Waals surface area contributed by atoms with E-state index < -0.39 is 44.8 Å². The first-order chi connectivity index (χ1) is 26.8. The summed E-state index contributed by atoms with van der Waals surface area (Å²) in [4.78, 5) is 25.1. The van der Waals surface area contributed by atoms with E-state index in [0.29, 0.717) is 17.6 Å². The first-order valence-corrected chi connectivity index (χ1v) is 23.2. The van der Waals surface area contributed by atoms with Crippen LogP contribution in [0.5, 0.6) is 0 Å². The Hall–Kier alpha value is -1.66. The van der Waals surface area contributed by atoms with E-state index >= 15 is 0 Å². The predicted molar refractivity (Wildman–Crippen MR) is 226 cm³/mol. The van der Waals surface area contributed by atoms with E-state index in [2.05, 4.69) is 13.8 Å². The van der Waals surface area contributed by atoms with Crippen LogP contribution in [0.2, 0.25) is 0 Å². The number of rotatable bonds is 39. The third-order valence-electron chi connectivity index (χ3n) is 9.25. The van der Waals surface area contributed by atoms with Gasteiger partial charge in [-0.05, 0) is 25.7 Å². The van der Waals surface area contributed by atoms with E-state index in [9.17, 15) is 29.6 Å². The van der Waals surface area contributed by atoms with Gasteiger partial charge in [0.25, 0.3) is 7.82 Å². The Morgan fingerprint density at radius 1 is 0.643 bits per heavy atom. The number of phosphoric acid groups is 1. The lowest BCUT2D eigenvalue weighted by Gasteiger charge is -2.28. The van der Waals surface area contributed by atoms with Gasteiger partial charge in [0.2, 0.25) is 0 Å². The second-order valence-corrected chi connectivity index (χ2v) is 17.3. The molecule has 0 aromatic heterocycles. The zero-order valence-electron chi connectivity index (χ0n) is 35.9. The third-order valence-corrected chi connectivity index (χ3v) is 10.2. The lowest BCUT2D eigenvalue weighted by molar-refractivity contribution is -0.870. The molecule has 5 atom stereocenters. The molecule has 0 aromatic carbocycles. The summed E-state index contributed by atoms with van der Waals surface area (Å²) in [5, 5.41) is 30.6. The molecular formula is C44H82NO10P. The van der Waals surface area contributed by atoms with Crippen LogP contribution in [0.4, 0.5) is 0 Å². The smallest absolute Gasteiger partial charge is 0.306 e. The summed E-state index contributed by atoms with van der Waals surface area (Å²) in [6, 6.07) is 0. The fourth-order valence-electron chi connectivity index (χ4n) is 5.69. The van der Waals surface area contributed by atoms with Crippen LogP contribution in [0.15, 0.2) is 48.6 Å². The summed E-state index contributed by atoms with van der Waals surface area (Å²) in [6.45, 7) is 4.82. The minimum atomic E-state index is -4.62. The second kappa shape index (κ2) is 36.4. The zero-order valence-corrected chi connectivity index (χ0v) is 36.8. The van der Waals surface area contributed by atoms with E-state index in [1.807, 2.05) is 27.2 Å². The van der Waals surface area contributed by atoms with Crippen LogP contribution in [-0.4, -0.2) is 104 Å². The number of nitrogens with zero attached hydrogens (tertiary/aromatic N) is 1. The van der Waals surface area contributed by atoms with Gasteiger partial charge in [-0.1, -0.05) is 165 Å². The van der Waals surface area contributed by atoms with Crippen LogP contribution in [-0.2, 0) is 27.9 Å². The number of esters is 1. The average Bonchev–Trinajstić information content (AvgIpc) is 3.13. The van der Waals surface area contributed by atoms with Crippen molar-refractivity contribution in [2.45, 2.75) is 173 Å². The van der Waals surface area contributed by atoms with E-state index in [4.69, 9.17) is 18.5 Å². The summed E-state index contributed by atoms with van der Waals surface area (Å²) in [6.07, 6.45) is 32.0. The van der Waals surface area contributed by atoms with E-state index in [0.717, 1.165) is 44.9 Å². The Labute approximate surface area is 341 Å². The second-order valence-electron chi connectivity index (χ2n) is 15.9. The number of carbonyl (C=O) groups is 1. The molecule has 11 nitrogen and oxygen atoms in total. The van der Waals surface area contributed by atoms with E-state index in [-0.39, 0.29) is 32.5 Å². The molecule has 0 saturated heterocycles. The number of hydrogen-bond acceptors (Lipinski definition) is 10. The van der Waals surface area contributed by atoms with Gasteiger partial charge in [-0.15, -0.1) is 0 Å². The Morgan fingerprint density at radius 2 is 1.16 bits per heavy atom. The van der Waals surface area contributed by atoms with Crippen LogP contribution in [0, 0.1) is 0 Å². The topological polar surface area (TPSA) is 155 Å². The maximum absolute atomic E-state index is 12.7. The highest BCUT2D eigenvalue weighted by Crippen LogP contribution is 2.38. The fraction of sp³-hybridized carbons (Fsp3) is 0.795. The molecule has 3 N–H and O–H groups in total. The molecule has 0 bridgehead atoms. The molecule has 56 heavy (non-hydrogen) atoms. The molecule has 328 valence electrons. The van der Waals surface area contributed by atoms with Gasteiger partial charge < -0.3 is 43.2 Å². The molecule has 0 radical (unpaired) electrons. The number of aliphatic hydroxyl groups is 3. The molecule has 0 aromatic rings. The highest BCUT2D eigenvalue weighted by molar-refractivity contribution is 7.45. The number of carbonyl (C=O) groups excluding carboxylic acids is 1. The van der Waals surface area contributed by atoms with Crippen LogP contribution in [0.1, 0.15) is 149 Å². The SMILES string of the molecule is CCCCCCCCCCCCCCCCOCC(COP(=O)([O-])OCC[N+](C)(C)C)OC(=O)CCCC(O)C(O)\C=C/C=C\C=C\C=C/C(O)CCCCC. The molecule has 0 amide bonds. The lowest BCUT2D eigenvalue weighted by Crippen LogP contribution is -2.37. The van der Waals surface area contributed by atoms with Crippen molar-refractivity contribution in [3.05, 3.63) is 48.6 Å². The van der Waals surface area contributed by atoms with Crippen molar-refractivity contribution < 1.29 is 52.6 Å². The number of aliphatic hydroxyl groups excluding tert-OH is 3. The number of unbranched alkanes of at least 4 members (excludes halogenated alkanes) is 15. The minimum absolute atomic E-state index is 0.0187. The molecule has 0 rings (SSSR count). The molecule has 0 saturated carbocycles. The van der Waals surface area contributed by atoms with Crippen molar-refractivity contribution in [1.82, 2.24) is 0 Å². The van der Waals surface area contributed by atoms with Gasteiger partial charge in [0, 0.05) is 13.0 Å². The van der Waals surface area contributed by atoms with Gasteiger partial charge in [0.15, 0.2) is 0 Å². The molecule has 12 heteroatoms. The molecule has 0 spiro atoms. The first kappa shape index (κ1) is 54.3. The average molecular weight is 816 g/mol. The number of phosphoric ester groups is 1. The predicted octanol–water partition coefficient (Wildman–Crippen LogP) is 8.66. The van der Waals surface area contributed by atoms with E-state index in [1.54, 1.807) is 36.5 Å². The maximum atomic E-state index is 12.7. The molecule has 5 unspecified atom stereocenters. The highest BCUT2D eigenvalue weighted by atomic mass is 31.2. The first-order valence-electron chi connectivity index (χ1n) is 21.7. The van der Waals surface area contributed by atoms with Crippen molar-refractivity contribution in [3.8, 4) is 0 Å². The highest BCUT2D eigenvalue weighted by Gasteiger charge is 2.21. The molecular weight excluding hydrogens is 733 g/mol. The lowest BCUT2D eigenvalue weighted by atomic mass is 10.0. The van der Waals surface area contributed by atoms with Gasteiger partial charge in [-0.25, -0.2) is 0 Å². The van der Waals surface area contributed by atoms with Crippen LogP contribution >= 0.6 is 7.82 Å². The Balaban J connectivity index is 4.60. The van der Waals surface area contributed by atoms with Crippen LogP contribution in [0.25, 0.3) is 0 Å². The summed E-state index contributed by atoms with van der Waals surface area (Å²) >= 11 is 0. The number of ether oxygens (including phenoxy) is 2. The summed E-state index contributed by atoms with van der Waals surface area (Å²) in [7, 11) is 1.14. The Morgan fingerprint density at radius 3 is 1.73 bits per heavy atom. The van der Waals surface area contributed by atoms with Crippen molar-refractivity contribution in [2.75, 3.05) is 54.1 Å². The number of allylic oxidation sites excluding steroid dienone is 6. The molecule has 0 aliphatic carbocycles. The molecule has 0 aliphatic rings. The van der Waals surface area contributed by atoms with Crippen molar-refractivity contribution in [2.24, 2.45) is 0 Å². The van der Waals surface area contributed by atoms with Gasteiger partial charge in [0.1, 0.15) is 19.3 Å². The van der Waals surface area contributed by atoms with Gasteiger partial charge in [-0.3, -0.25) is 9.36 Å².